The van der Waals surface area contributed by atoms with Crippen LogP contribution in [0.2, 0.25) is 0 Å². The molecule has 0 unspecified atom stereocenters. The molecule has 3 rings (SSSR count). The highest BCUT2D eigenvalue weighted by Crippen LogP contribution is 2.30. The van der Waals surface area contributed by atoms with Gasteiger partial charge in [0.25, 0.3) is 5.91 Å². The fourth-order valence-electron chi connectivity index (χ4n) is 2.43. The van der Waals surface area contributed by atoms with Gasteiger partial charge >= 0.3 is 0 Å². The van der Waals surface area contributed by atoms with E-state index in [-0.39, 0.29) is 25.0 Å². The molecule has 1 aliphatic rings. The second kappa shape index (κ2) is 7.08. The highest BCUT2D eigenvalue weighted by Gasteiger charge is 2.28. The molecule has 8 nitrogen and oxygen atoms in total. The molecule has 2 aromatic rings. The first-order valence-electron chi connectivity index (χ1n) is 7.52. The van der Waals surface area contributed by atoms with E-state index in [0.717, 1.165) is 0 Å². The maximum absolute atomic E-state index is 12.4. The number of ether oxygens (including phenoxy) is 3. The van der Waals surface area contributed by atoms with Gasteiger partial charge in [0.1, 0.15) is 18.0 Å². The summed E-state index contributed by atoms with van der Waals surface area (Å²) in [6.45, 7) is -0.306. The number of nitrogens with one attached hydrogen (secondary N) is 1. The molecule has 0 saturated heterocycles. The number of amides is 2. The van der Waals surface area contributed by atoms with Gasteiger partial charge in [-0.3, -0.25) is 14.5 Å². The first kappa shape index (κ1) is 16.6. The van der Waals surface area contributed by atoms with Gasteiger partial charge in [-0.15, -0.1) is 0 Å². The van der Waals surface area contributed by atoms with Gasteiger partial charge in [0.2, 0.25) is 5.91 Å². The van der Waals surface area contributed by atoms with Crippen molar-refractivity contribution in [3.8, 4) is 17.2 Å². The maximum atomic E-state index is 12.4. The number of benzene rings is 1. The van der Waals surface area contributed by atoms with Gasteiger partial charge in [-0.1, -0.05) is 0 Å². The number of aromatic nitrogens is 1. The van der Waals surface area contributed by atoms with Crippen LogP contribution in [0, 0.1) is 0 Å². The molecular weight excluding hydrogens is 326 g/mol. The number of rotatable bonds is 5. The molecule has 0 saturated carbocycles. The lowest BCUT2D eigenvalue weighted by molar-refractivity contribution is -0.123. The summed E-state index contributed by atoms with van der Waals surface area (Å²) in [5.41, 5.74) is 0.482. The minimum absolute atomic E-state index is 0.127. The van der Waals surface area contributed by atoms with Crippen molar-refractivity contribution in [1.29, 1.82) is 0 Å². The fourth-order valence-corrected chi connectivity index (χ4v) is 2.43. The van der Waals surface area contributed by atoms with E-state index in [4.69, 9.17) is 14.2 Å². The lowest BCUT2D eigenvalue weighted by Crippen LogP contribution is -2.43. The summed E-state index contributed by atoms with van der Waals surface area (Å²) in [6, 6.07) is 8.44. The average molecular weight is 343 g/mol. The van der Waals surface area contributed by atoms with E-state index in [2.05, 4.69) is 10.3 Å². The van der Waals surface area contributed by atoms with Crippen molar-refractivity contribution in [2.75, 3.05) is 37.6 Å². The Morgan fingerprint density at radius 1 is 1.32 bits per heavy atom. The van der Waals surface area contributed by atoms with Crippen LogP contribution in [0.5, 0.6) is 17.2 Å². The van der Waals surface area contributed by atoms with Gasteiger partial charge in [0, 0.05) is 12.3 Å². The van der Waals surface area contributed by atoms with Crippen LogP contribution in [-0.2, 0) is 9.59 Å². The molecule has 0 spiro atoms. The van der Waals surface area contributed by atoms with Crippen LogP contribution < -0.4 is 24.4 Å². The van der Waals surface area contributed by atoms with Gasteiger partial charge in [-0.25, -0.2) is 4.98 Å². The Labute approximate surface area is 144 Å². The van der Waals surface area contributed by atoms with Gasteiger partial charge < -0.3 is 19.5 Å². The van der Waals surface area contributed by atoms with Gasteiger partial charge in [0.15, 0.2) is 18.2 Å². The molecule has 0 atom stereocenters. The molecule has 2 heterocycles. The first-order chi connectivity index (χ1) is 12.1. The van der Waals surface area contributed by atoms with Crippen LogP contribution >= 0.6 is 0 Å². The molecule has 25 heavy (non-hydrogen) atoms. The minimum atomic E-state index is -0.379. The number of carbonyl (C=O) groups excluding carboxylic acids is 2. The molecule has 0 fully saturated rings. The Bertz CT molecular complexity index is 809. The first-order valence-corrected chi connectivity index (χ1v) is 7.52. The molecule has 2 amide bonds. The van der Waals surface area contributed by atoms with Crippen LogP contribution in [0.1, 0.15) is 0 Å². The van der Waals surface area contributed by atoms with Crippen LogP contribution in [-0.4, -0.2) is 44.2 Å². The number of hydrogen-bond donors (Lipinski definition) is 1. The molecule has 0 aliphatic carbocycles. The number of hydrogen-bond acceptors (Lipinski definition) is 6. The van der Waals surface area contributed by atoms with E-state index in [9.17, 15) is 9.59 Å². The third kappa shape index (κ3) is 3.47. The Hall–Kier alpha value is -3.29. The quantitative estimate of drug-likeness (QED) is 0.884. The van der Waals surface area contributed by atoms with E-state index in [1.807, 2.05) is 0 Å². The smallest absolute Gasteiger partial charge is 0.266 e. The zero-order valence-electron chi connectivity index (χ0n) is 13.8. The topological polar surface area (TPSA) is 90.0 Å². The van der Waals surface area contributed by atoms with Crippen molar-refractivity contribution in [3.05, 3.63) is 36.5 Å². The van der Waals surface area contributed by atoms with Gasteiger partial charge in [-0.05, 0) is 24.3 Å². The third-order valence-electron chi connectivity index (χ3n) is 3.64. The standard InChI is InChI=1S/C17H17N3O5/c1-23-11-5-6-12(14(8-11)24-2)19-15(21)9-20-16(22)10-25-13-4-3-7-18-17(13)20/h3-8H,9-10H2,1-2H3,(H,19,21). The Kier molecular flexibility index (Phi) is 4.69. The maximum Gasteiger partial charge on any atom is 0.266 e. The van der Waals surface area contributed by atoms with Crippen molar-refractivity contribution in [2.24, 2.45) is 0 Å². The summed E-state index contributed by atoms with van der Waals surface area (Å²) in [6.07, 6.45) is 1.54. The molecule has 1 aromatic carbocycles. The Morgan fingerprint density at radius 3 is 2.92 bits per heavy atom. The SMILES string of the molecule is COc1ccc(NC(=O)CN2C(=O)COc3cccnc32)c(OC)c1. The van der Waals surface area contributed by atoms with Crippen LogP contribution in [0.4, 0.5) is 11.5 Å². The molecule has 1 aromatic heterocycles. The van der Waals surface area contributed by atoms with E-state index in [1.54, 1.807) is 37.4 Å². The van der Waals surface area contributed by atoms with Crippen LogP contribution in [0.3, 0.4) is 0 Å². The van der Waals surface area contributed by atoms with Gasteiger partial charge in [-0.2, -0.15) is 0 Å². The summed E-state index contributed by atoms with van der Waals surface area (Å²) in [7, 11) is 3.04. The number of anilines is 2. The van der Waals surface area contributed by atoms with Crippen molar-refractivity contribution in [2.45, 2.75) is 0 Å². The second-order valence-corrected chi connectivity index (χ2v) is 5.21. The van der Waals surface area contributed by atoms with E-state index < -0.39 is 0 Å². The molecule has 1 aliphatic heterocycles. The lowest BCUT2D eigenvalue weighted by Gasteiger charge is -2.27. The van der Waals surface area contributed by atoms with Crippen molar-refractivity contribution >= 4 is 23.3 Å². The molecule has 0 bridgehead atoms. The van der Waals surface area contributed by atoms with Gasteiger partial charge in [0.05, 0.1) is 19.9 Å². The molecular formula is C17H17N3O5. The highest BCUT2D eigenvalue weighted by molar-refractivity contribution is 6.04. The number of carbonyl (C=O) groups is 2. The summed E-state index contributed by atoms with van der Waals surface area (Å²) >= 11 is 0. The highest BCUT2D eigenvalue weighted by atomic mass is 16.5. The van der Waals surface area contributed by atoms with E-state index in [0.29, 0.717) is 28.8 Å². The second-order valence-electron chi connectivity index (χ2n) is 5.21. The van der Waals surface area contributed by atoms with E-state index >= 15 is 0 Å². The largest absolute Gasteiger partial charge is 0.497 e. The molecule has 0 radical (unpaired) electrons. The van der Waals surface area contributed by atoms with Crippen molar-refractivity contribution in [3.63, 3.8) is 0 Å². The zero-order chi connectivity index (χ0) is 17.8. The number of fused-ring (bicyclic) bond motifs is 1. The lowest BCUT2D eigenvalue weighted by atomic mass is 10.2. The number of pyridine rings is 1. The normalized spacial score (nSPS) is 12.9. The Morgan fingerprint density at radius 2 is 2.16 bits per heavy atom. The summed E-state index contributed by atoms with van der Waals surface area (Å²) in [5.74, 6) is 1.15. The minimum Gasteiger partial charge on any atom is -0.497 e. The fraction of sp³-hybridized carbons (Fsp3) is 0.235. The van der Waals surface area contributed by atoms with Crippen molar-refractivity contribution in [1.82, 2.24) is 4.98 Å². The predicted molar refractivity (Wildman–Crippen MR) is 90.3 cm³/mol. The summed E-state index contributed by atoms with van der Waals surface area (Å²) in [5, 5.41) is 2.73. The number of nitrogens with zero attached hydrogens (tertiary/aromatic N) is 2. The van der Waals surface area contributed by atoms with Crippen LogP contribution in [0.15, 0.2) is 36.5 Å². The third-order valence-corrected chi connectivity index (χ3v) is 3.64. The molecule has 1 N–H and O–H groups in total. The van der Waals surface area contributed by atoms with E-state index in [1.165, 1.54) is 18.2 Å². The number of methoxy groups -OCH3 is 2. The summed E-state index contributed by atoms with van der Waals surface area (Å²) < 4.78 is 15.7. The van der Waals surface area contributed by atoms with Crippen LogP contribution in [0.25, 0.3) is 0 Å². The average Bonchev–Trinajstić information content (AvgIpc) is 2.64. The van der Waals surface area contributed by atoms with Crippen molar-refractivity contribution < 1.29 is 23.8 Å². The monoisotopic (exact) mass is 343 g/mol. The molecule has 130 valence electrons. The summed E-state index contributed by atoms with van der Waals surface area (Å²) in [4.78, 5) is 29.9. The Balaban J connectivity index is 1.76. The zero-order valence-corrected chi connectivity index (χ0v) is 13.8. The predicted octanol–water partition coefficient (Wildman–Crippen LogP) is 1.46. The molecule has 8 heteroatoms.